The number of aromatic nitrogens is 1. The molecule has 3 aromatic rings. The molecule has 9 heteroatoms. The quantitative estimate of drug-likeness (QED) is 0.483. The molecule has 176 valence electrons. The van der Waals surface area contributed by atoms with Crippen LogP contribution in [-0.4, -0.2) is 35.0 Å². The van der Waals surface area contributed by atoms with Crippen molar-refractivity contribution in [1.29, 1.82) is 0 Å². The van der Waals surface area contributed by atoms with Crippen molar-refractivity contribution < 1.29 is 27.3 Å². The maximum absolute atomic E-state index is 13.3. The fraction of sp³-hybridized carbons (Fsp3) is 0.240. The lowest BCUT2D eigenvalue weighted by Crippen LogP contribution is -2.30. The Morgan fingerprint density at radius 1 is 1.15 bits per heavy atom. The van der Waals surface area contributed by atoms with E-state index in [1.54, 1.807) is 23.9 Å². The predicted octanol–water partition coefficient (Wildman–Crippen LogP) is 4.90. The lowest BCUT2D eigenvalue weighted by molar-refractivity contribution is -0.489. The third-order valence-corrected chi connectivity index (χ3v) is 5.48. The molecule has 0 spiro atoms. The van der Waals surface area contributed by atoms with Crippen molar-refractivity contribution in [1.82, 2.24) is 4.98 Å². The van der Waals surface area contributed by atoms with Crippen LogP contribution in [0.25, 0.3) is 0 Å². The Morgan fingerprint density at radius 2 is 1.91 bits per heavy atom. The number of hydrogen-bond acceptors (Lipinski definition) is 4. The molecule has 0 saturated carbocycles. The first kappa shape index (κ1) is 23.4. The summed E-state index contributed by atoms with van der Waals surface area (Å²) in [6.45, 7) is 2.16. The minimum Gasteiger partial charge on any atom is -0.371 e. The molecule has 1 aliphatic rings. The van der Waals surface area contributed by atoms with Gasteiger partial charge in [0.1, 0.15) is 5.82 Å². The SMILES string of the molecule is CNc1ncc(C)cc1NC(=O)C1=[N+](COCc2ccccc2)c2ccc(C(F)(F)F)cc2C1. The molecule has 0 atom stereocenters. The molecule has 0 saturated heterocycles. The van der Waals surface area contributed by atoms with Gasteiger partial charge < -0.3 is 15.4 Å². The molecule has 0 radical (unpaired) electrons. The second-order valence-corrected chi connectivity index (χ2v) is 7.97. The summed E-state index contributed by atoms with van der Waals surface area (Å²) < 4.78 is 47.3. The third kappa shape index (κ3) is 5.09. The monoisotopic (exact) mass is 469 g/mol. The number of ether oxygens (including phenoxy) is 1. The molecule has 0 fully saturated rings. The number of amides is 1. The van der Waals surface area contributed by atoms with Crippen LogP contribution in [0.1, 0.15) is 22.3 Å². The summed E-state index contributed by atoms with van der Waals surface area (Å²) in [5, 5.41) is 5.77. The average Bonchev–Trinajstić information content (AvgIpc) is 3.17. The van der Waals surface area contributed by atoms with Crippen LogP contribution in [0.5, 0.6) is 0 Å². The summed E-state index contributed by atoms with van der Waals surface area (Å²) in [5.41, 5.74) is 2.76. The Morgan fingerprint density at radius 3 is 2.62 bits per heavy atom. The number of rotatable bonds is 7. The van der Waals surface area contributed by atoms with Gasteiger partial charge in [-0.05, 0) is 36.2 Å². The molecule has 2 N–H and O–H groups in total. The van der Waals surface area contributed by atoms with E-state index in [4.69, 9.17) is 4.74 Å². The van der Waals surface area contributed by atoms with E-state index in [0.717, 1.165) is 23.3 Å². The van der Waals surface area contributed by atoms with E-state index in [-0.39, 0.29) is 13.2 Å². The maximum atomic E-state index is 13.3. The van der Waals surface area contributed by atoms with Gasteiger partial charge in [0.25, 0.3) is 12.4 Å². The number of carbonyl (C=O) groups is 1. The molecular weight excluding hydrogens is 445 g/mol. The molecule has 1 amide bonds. The van der Waals surface area contributed by atoms with E-state index in [1.807, 2.05) is 37.3 Å². The molecule has 0 unspecified atom stereocenters. The summed E-state index contributed by atoms with van der Waals surface area (Å²) in [6, 6.07) is 14.8. The molecule has 4 rings (SSSR count). The Kier molecular flexibility index (Phi) is 6.65. The molecule has 6 nitrogen and oxygen atoms in total. The van der Waals surface area contributed by atoms with Crippen molar-refractivity contribution in [3.05, 3.63) is 83.0 Å². The highest BCUT2D eigenvalue weighted by Crippen LogP contribution is 2.35. The van der Waals surface area contributed by atoms with Gasteiger partial charge in [-0.2, -0.15) is 17.7 Å². The summed E-state index contributed by atoms with van der Waals surface area (Å²) >= 11 is 0. The lowest BCUT2D eigenvalue weighted by atomic mass is 10.1. The summed E-state index contributed by atoms with van der Waals surface area (Å²) in [6.07, 6.45) is -2.75. The number of pyridine rings is 1. The van der Waals surface area contributed by atoms with Crippen molar-refractivity contribution in [2.45, 2.75) is 26.1 Å². The second-order valence-electron chi connectivity index (χ2n) is 7.97. The van der Waals surface area contributed by atoms with Gasteiger partial charge in [-0.1, -0.05) is 30.3 Å². The van der Waals surface area contributed by atoms with E-state index in [9.17, 15) is 18.0 Å². The zero-order chi connectivity index (χ0) is 24.3. The normalized spacial score (nSPS) is 13.1. The van der Waals surface area contributed by atoms with E-state index in [0.29, 0.717) is 35.1 Å². The first-order valence-electron chi connectivity index (χ1n) is 10.7. The minimum atomic E-state index is -4.47. The summed E-state index contributed by atoms with van der Waals surface area (Å²) in [7, 11) is 1.69. The average molecular weight is 469 g/mol. The van der Waals surface area contributed by atoms with Crippen molar-refractivity contribution >= 4 is 28.8 Å². The van der Waals surface area contributed by atoms with Crippen molar-refractivity contribution in [2.24, 2.45) is 0 Å². The number of hydrogen-bond donors (Lipinski definition) is 2. The number of fused-ring (bicyclic) bond motifs is 1. The van der Waals surface area contributed by atoms with Crippen molar-refractivity contribution in [3.63, 3.8) is 0 Å². The van der Waals surface area contributed by atoms with Crippen LogP contribution in [0, 0.1) is 6.92 Å². The molecule has 2 aromatic carbocycles. The van der Waals surface area contributed by atoms with Gasteiger partial charge in [0.05, 0.1) is 24.3 Å². The summed E-state index contributed by atoms with van der Waals surface area (Å²) in [5.74, 6) is 0.0540. The smallest absolute Gasteiger partial charge is 0.371 e. The number of alkyl halides is 3. The largest absolute Gasteiger partial charge is 0.416 e. The Balaban J connectivity index is 1.63. The van der Waals surface area contributed by atoms with Gasteiger partial charge in [0.15, 0.2) is 0 Å². The zero-order valence-corrected chi connectivity index (χ0v) is 18.7. The van der Waals surface area contributed by atoms with E-state index in [1.165, 1.54) is 6.07 Å². The molecule has 0 bridgehead atoms. The lowest BCUT2D eigenvalue weighted by Gasteiger charge is -2.10. The highest BCUT2D eigenvalue weighted by Gasteiger charge is 2.38. The predicted molar refractivity (Wildman–Crippen MR) is 123 cm³/mol. The number of nitrogens with one attached hydrogen (secondary N) is 2. The number of halogens is 3. The number of nitrogens with zero attached hydrogens (tertiary/aromatic N) is 2. The van der Waals surface area contributed by atoms with Gasteiger partial charge in [-0.3, -0.25) is 4.79 Å². The van der Waals surface area contributed by atoms with Crippen LogP contribution >= 0.6 is 0 Å². The zero-order valence-electron chi connectivity index (χ0n) is 18.7. The van der Waals surface area contributed by atoms with Gasteiger partial charge in [0, 0.05) is 24.9 Å². The molecular formula is C25H24F3N4O2+. The first-order valence-corrected chi connectivity index (χ1v) is 10.7. The van der Waals surface area contributed by atoms with Crippen molar-refractivity contribution in [2.75, 3.05) is 24.4 Å². The van der Waals surface area contributed by atoms with E-state index >= 15 is 0 Å². The highest BCUT2D eigenvalue weighted by molar-refractivity contribution is 6.42. The van der Waals surface area contributed by atoms with Crippen LogP contribution in [-0.2, 0) is 28.7 Å². The van der Waals surface area contributed by atoms with Gasteiger partial charge in [0.2, 0.25) is 5.69 Å². The van der Waals surface area contributed by atoms with Crippen LogP contribution in [0.3, 0.4) is 0 Å². The first-order chi connectivity index (χ1) is 16.3. The number of benzene rings is 2. The van der Waals surface area contributed by atoms with Gasteiger partial charge in [-0.25, -0.2) is 4.98 Å². The Hall–Kier alpha value is -3.72. The summed E-state index contributed by atoms with van der Waals surface area (Å²) in [4.78, 5) is 17.5. The molecule has 0 aliphatic carbocycles. The second kappa shape index (κ2) is 9.64. The van der Waals surface area contributed by atoms with Gasteiger partial charge >= 0.3 is 12.1 Å². The standard InChI is InChI=1S/C25H23F3N4O2/c1-16-10-20(23(29-2)30-13-16)31-24(33)22-12-18-11-19(25(26,27)28)8-9-21(18)32(22)15-34-14-17-6-4-3-5-7-17/h3-11,13,33H,12,14-15H2,1-2H3/p+1. The number of aryl methyl sites for hydroxylation is 1. The van der Waals surface area contributed by atoms with Gasteiger partial charge in [-0.15, -0.1) is 0 Å². The molecule has 34 heavy (non-hydrogen) atoms. The van der Waals surface area contributed by atoms with Crippen LogP contribution in [0.15, 0.2) is 60.8 Å². The molecule has 1 aliphatic heterocycles. The van der Waals surface area contributed by atoms with E-state index < -0.39 is 17.6 Å². The number of carbonyl (C=O) groups excluding carboxylic acids is 1. The maximum Gasteiger partial charge on any atom is 0.416 e. The third-order valence-electron chi connectivity index (χ3n) is 5.48. The van der Waals surface area contributed by atoms with Crippen LogP contribution in [0.4, 0.5) is 30.4 Å². The van der Waals surface area contributed by atoms with Crippen molar-refractivity contribution in [3.8, 4) is 0 Å². The number of anilines is 2. The highest BCUT2D eigenvalue weighted by atomic mass is 19.4. The molecule has 1 aromatic heterocycles. The fourth-order valence-electron chi connectivity index (χ4n) is 3.83. The van der Waals surface area contributed by atoms with E-state index in [2.05, 4.69) is 15.6 Å². The minimum absolute atomic E-state index is 0.0148. The Bertz CT molecular complexity index is 1240. The Labute approximate surface area is 195 Å². The fourth-order valence-corrected chi connectivity index (χ4v) is 3.83. The topological polar surface area (TPSA) is 66.3 Å². The molecule has 2 heterocycles. The van der Waals surface area contributed by atoms with Crippen LogP contribution < -0.4 is 10.6 Å². The van der Waals surface area contributed by atoms with Crippen LogP contribution in [0.2, 0.25) is 0 Å².